The molecule has 2 aromatic rings. The van der Waals surface area contributed by atoms with Crippen molar-refractivity contribution >= 4 is 17.2 Å². The van der Waals surface area contributed by atoms with Crippen LogP contribution in [0.3, 0.4) is 0 Å². The van der Waals surface area contributed by atoms with E-state index in [1.165, 1.54) is 16.0 Å². The second-order valence-electron chi connectivity index (χ2n) is 4.94. The summed E-state index contributed by atoms with van der Waals surface area (Å²) >= 11 is 1.74. The fraction of sp³-hybridized carbons (Fsp3) is 0.353. The van der Waals surface area contributed by atoms with Crippen molar-refractivity contribution in [2.75, 3.05) is 26.8 Å². The van der Waals surface area contributed by atoms with Gasteiger partial charge >= 0.3 is 0 Å². The highest BCUT2D eigenvalue weighted by molar-refractivity contribution is 7.10. The van der Waals surface area contributed by atoms with Crippen LogP contribution < -0.4 is 10.6 Å². The van der Waals surface area contributed by atoms with E-state index in [4.69, 9.17) is 4.74 Å². The summed E-state index contributed by atoms with van der Waals surface area (Å²) in [7, 11) is 1.62. The molecule has 22 heavy (non-hydrogen) atoms. The summed E-state index contributed by atoms with van der Waals surface area (Å²) in [6.45, 7) is 2.59. The fourth-order valence-electron chi connectivity index (χ4n) is 2.05. The Hall–Kier alpha value is -1.69. The summed E-state index contributed by atoms with van der Waals surface area (Å²) in [6, 6.07) is 12.6. The number of carbonyl (C=O) groups excluding carboxylic acids is 1. The molecule has 4 nitrogen and oxygen atoms in total. The lowest BCUT2D eigenvalue weighted by molar-refractivity contribution is -0.121. The maximum absolute atomic E-state index is 11.5. The van der Waals surface area contributed by atoms with Crippen molar-refractivity contribution in [2.24, 2.45) is 0 Å². The highest BCUT2D eigenvalue weighted by atomic mass is 32.1. The lowest BCUT2D eigenvalue weighted by Crippen LogP contribution is -2.29. The van der Waals surface area contributed by atoms with Crippen LogP contribution in [0.2, 0.25) is 0 Å². The first-order chi connectivity index (χ1) is 10.8. The van der Waals surface area contributed by atoms with Crippen LogP contribution in [0.1, 0.15) is 11.3 Å². The number of hydrogen-bond donors (Lipinski definition) is 2. The molecule has 0 saturated carbocycles. The number of carbonyl (C=O) groups is 1. The van der Waals surface area contributed by atoms with E-state index in [-0.39, 0.29) is 5.91 Å². The van der Waals surface area contributed by atoms with Gasteiger partial charge in [-0.25, -0.2) is 0 Å². The summed E-state index contributed by atoms with van der Waals surface area (Å²) in [5.41, 5.74) is 2.49. The Morgan fingerprint density at radius 1 is 1.18 bits per heavy atom. The maximum atomic E-state index is 11.5. The lowest BCUT2D eigenvalue weighted by atomic mass is 10.1. The summed E-state index contributed by atoms with van der Waals surface area (Å²) in [6.07, 6.45) is 0.487. The van der Waals surface area contributed by atoms with E-state index in [1.807, 2.05) is 18.2 Å². The first-order valence-electron chi connectivity index (χ1n) is 7.39. The van der Waals surface area contributed by atoms with Gasteiger partial charge in [0.1, 0.15) is 0 Å². The average Bonchev–Trinajstić information content (AvgIpc) is 3.02. The molecule has 118 valence electrons. The van der Waals surface area contributed by atoms with Gasteiger partial charge in [0, 0.05) is 38.0 Å². The molecular formula is C17H22N2O2S. The van der Waals surface area contributed by atoms with Crippen molar-refractivity contribution in [3.05, 3.63) is 46.7 Å². The second kappa shape index (κ2) is 9.35. The van der Waals surface area contributed by atoms with Crippen molar-refractivity contribution in [3.63, 3.8) is 0 Å². The topological polar surface area (TPSA) is 50.4 Å². The minimum absolute atomic E-state index is 0.0562. The standard InChI is InChI=1S/C17H22N2O2S/c1-21-10-9-19-17(20)7-8-18-12-16-11-15(13-22-16)14-5-3-2-4-6-14/h2-6,11,13,18H,7-10,12H2,1H3,(H,19,20). The maximum Gasteiger partial charge on any atom is 0.221 e. The Labute approximate surface area is 135 Å². The zero-order valence-electron chi connectivity index (χ0n) is 12.8. The van der Waals surface area contributed by atoms with Gasteiger partial charge in [0.2, 0.25) is 5.91 Å². The van der Waals surface area contributed by atoms with Crippen molar-refractivity contribution < 1.29 is 9.53 Å². The van der Waals surface area contributed by atoms with Crippen LogP contribution in [0.25, 0.3) is 11.1 Å². The molecule has 1 aromatic heterocycles. The lowest BCUT2D eigenvalue weighted by Gasteiger charge is -2.05. The van der Waals surface area contributed by atoms with E-state index >= 15 is 0 Å². The number of thiophene rings is 1. The molecule has 1 amide bonds. The summed E-state index contributed by atoms with van der Waals surface area (Å²) in [5, 5.41) is 8.28. The molecule has 2 N–H and O–H groups in total. The minimum atomic E-state index is 0.0562. The van der Waals surface area contributed by atoms with Gasteiger partial charge in [-0.15, -0.1) is 11.3 Å². The van der Waals surface area contributed by atoms with Crippen molar-refractivity contribution in [1.82, 2.24) is 10.6 Å². The predicted octanol–water partition coefficient (Wildman–Crippen LogP) is 2.66. The third kappa shape index (κ3) is 5.60. The quantitative estimate of drug-likeness (QED) is 0.699. The molecule has 2 rings (SSSR count). The number of benzene rings is 1. The Morgan fingerprint density at radius 2 is 2.00 bits per heavy atom. The van der Waals surface area contributed by atoms with Crippen molar-refractivity contribution in [2.45, 2.75) is 13.0 Å². The number of ether oxygens (including phenoxy) is 1. The zero-order chi connectivity index (χ0) is 15.6. The third-order valence-corrected chi connectivity index (χ3v) is 4.15. The average molecular weight is 318 g/mol. The number of nitrogens with one attached hydrogen (secondary N) is 2. The van der Waals surface area contributed by atoms with Crippen LogP contribution in [0.4, 0.5) is 0 Å². The number of hydrogen-bond acceptors (Lipinski definition) is 4. The molecule has 0 bridgehead atoms. The number of rotatable bonds is 9. The second-order valence-corrected chi connectivity index (χ2v) is 5.93. The van der Waals surface area contributed by atoms with Gasteiger partial charge in [0.05, 0.1) is 6.61 Å². The SMILES string of the molecule is COCCNC(=O)CCNCc1cc(-c2ccccc2)cs1. The summed E-state index contributed by atoms with van der Waals surface area (Å²) < 4.78 is 4.89. The summed E-state index contributed by atoms with van der Waals surface area (Å²) in [4.78, 5) is 12.8. The fourth-order valence-corrected chi connectivity index (χ4v) is 2.91. The molecule has 5 heteroatoms. The molecule has 0 unspecified atom stereocenters. The van der Waals surface area contributed by atoms with Crippen LogP contribution in [0, 0.1) is 0 Å². The van der Waals surface area contributed by atoms with Crippen molar-refractivity contribution in [1.29, 1.82) is 0 Å². The van der Waals surface area contributed by atoms with E-state index in [2.05, 4.69) is 34.2 Å². The van der Waals surface area contributed by atoms with E-state index in [0.717, 1.165) is 6.54 Å². The van der Waals surface area contributed by atoms with Crippen molar-refractivity contribution in [3.8, 4) is 11.1 Å². The molecule has 1 aromatic carbocycles. The molecule has 0 aliphatic carbocycles. The monoisotopic (exact) mass is 318 g/mol. The smallest absolute Gasteiger partial charge is 0.221 e. The van der Waals surface area contributed by atoms with Gasteiger partial charge in [0.25, 0.3) is 0 Å². The van der Waals surface area contributed by atoms with Crippen LogP contribution in [0.5, 0.6) is 0 Å². The molecular weight excluding hydrogens is 296 g/mol. The minimum Gasteiger partial charge on any atom is -0.383 e. The molecule has 0 aliphatic rings. The van der Waals surface area contributed by atoms with Crippen LogP contribution in [-0.4, -0.2) is 32.7 Å². The molecule has 0 spiro atoms. The molecule has 0 radical (unpaired) electrons. The van der Waals surface area contributed by atoms with Gasteiger partial charge < -0.3 is 15.4 Å². The van der Waals surface area contributed by atoms with Crippen LogP contribution >= 0.6 is 11.3 Å². The number of amides is 1. The Balaban J connectivity index is 1.68. The predicted molar refractivity (Wildman–Crippen MR) is 91.0 cm³/mol. The van der Waals surface area contributed by atoms with Gasteiger partial charge in [-0.05, 0) is 22.6 Å². The Kier molecular flexibility index (Phi) is 7.09. The molecule has 0 fully saturated rings. The first-order valence-corrected chi connectivity index (χ1v) is 8.27. The molecule has 0 atom stereocenters. The molecule has 0 saturated heterocycles. The Bertz CT molecular complexity index is 569. The highest BCUT2D eigenvalue weighted by Crippen LogP contribution is 2.25. The first kappa shape index (κ1) is 16.7. The van der Waals surface area contributed by atoms with E-state index < -0.39 is 0 Å². The van der Waals surface area contributed by atoms with E-state index in [0.29, 0.717) is 26.1 Å². The normalized spacial score (nSPS) is 10.6. The van der Waals surface area contributed by atoms with Crippen LogP contribution in [-0.2, 0) is 16.1 Å². The van der Waals surface area contributed by atoms with E-state index in [9.17, 15) is 4.79 Å². The van der Waals surface area contributed by atoms with Gasteiger partial charge in [-0.3, -0.25) is 4.79 Å². The third-order valence-electron chi connectivity index (χ3n) is 3.22. The highest BCUT2D eigenvalue weighted by Gasteiger charge is 2.03. The van der Waals surface area contributed by atoms with Gasteiger partial charge in [-0.2, -0.15) is 0 Å². The Morgan fingerprint density at radius 3 is 2.77 bits per heavy atom. The summed E-state index contributed by atoms with van der Waals surface area (Å²) in [5.74, 6) is 0.0562. The molecule has 0 aliphatic heterocycles. The molecule has 1 heterocycles. The van der Waals surface area contributed by atoms with E-state index in [1.54, 1.807) is 18.4 Å². The van der Waals surface area contributed by atoms with Gasteiger partial charge in [0.15, 0.2) is 0 Å². The van der Waals surface area contributed by atoms with Gasteiger partial charge in [-0.1, -0.05) is 30.3 Å². The number of methoxy groups -OCH3 is 1. The zero-order valence-corrected chi connectivity index (χ0v) is 13.6. The largest absolute Gasteiger partial charge is 0.383 e. The van der Waals surface area contributed by atoms with Crippen LogP contribution in [0.15, 0.2) is 41.8 Å².